The number of hydrogen-bond donors (Lipinski definition) is 0. The van der Waals surface area contributed by atoms with E-state index in [4.69, 9.17) is 4.74 Å². The maximum Gasteiger partial charge on any atom is 0.282 e. The molecule has 0 spiro atoms. The number of amides is 1. The summed E-state index contributed by atoms with van der Waals surface area (Å²) in [5.74, 6) is 0.253. The van der Waals surface area contributed by atoms with Gasteiger partial charge in [-0.1, -0.05) is 46.3 Å². The van der Waals surface area contributed by atoms with Crippen LogP contribution in [-0.4, -0.2) is 18.3 Å². The normalized spacial score (nSPS) is 14.9. The molecule has 0 saturated carbocycles. The molecule has 0 saturated heterocycles. The molecule has 150 valence electrons. The van der Waals surface area contributed by atoms with Gasteiger partial charge in [-0.2, -0.15) is 0 Å². The van der Waals surface area contributed by atoms with Crippen molar-refractivity contribution < 1.29 is 13.9 Å². The highest BCUT2D eigenvalue weighted by Gasteiger charge is 2.33. The Morgan fingerprint density at radius 3 is 2.53 bits per heavy atom. The lowest BCUT2D eigenvalue weighted by atomic mass is 10.1. The molecule has 6 heteroatoms. The number of carbonyl (C=O) groups is 1. The first kappa shape index (κ1) is 20.0. The van der Waals surface area contributed by atoms with Crippen LogP contribution in [0.15, 0.2) is 88.0 Å². The Labute approximate surface area is 182 Å². The van der Waals surface area contributed by atoms with Gasteiger partial charge in [0.25, 0.3) is 5.91 Å². The van der Waals surface area contributed by atoms with E-state index < -0.39 is 5.82 Å². The Bertz CT molecular complexity index is 1160. The first-order valence-electron chi connectivity index (χ1n) is 9.45. The molecule has 0 aliphatic carbocycles. The lowest BCUT2D eigenvalue weighted by molar-refractivity contribution is -0.113. The number of carbonyl (C=O) groups excluding carboxylic acids is 1. The van der Waals surface area contributed by atoms with Crippen molar-refractivity contribution in [2.45, 2.75) is 6.92 Å². The van der Waals surface area contributed by atoms with Crippen LogP contribution in [0.3, 0.4) is 0 Å². The molecule has 3 aromatic carbocycles. The second-order valence-corrected chi connectivity index (χ2v) is 7.48. The number of rotatable bonds is 5. The predicted octanol–water partition coefficient (Wildman–Crippen LogP) is 5.82. The van der Waals surface area contributed by atoms with Crippen molar-refractivity contribution in [2.75, 3.05) is 11.5 Å². The van der Waals surface area contributed by atoms with Crippen molar-refractivity contribution >= 4 is 39.4 Å². The summed E-state index contributed by atoms with van der Waals surface area (Å²) in [4.78, 5) is 19.2. The molecule has 3 aromatic rings. The van der Waals surface area contributed by atoms with Crippen molar-refractivity contribution in [3.05, 3.63) is 99.9 Å². The van der Waals surface area contributed by atoms with E-state index in [0.717, 1.165) is 15.8 Å². The second-order valence-electron chi connectivity index (χ2n) is 6.57. The van der Waals surface area contributed by atoms with E-state index in [1.54, 1.807) is 36.4 Å². The van der Waals surface area contributed by atoms with Gasteiger partial charge < -0.3 is 4.74 Å². The van der Waals surface area contributed by atoms with Gasteiger partial charge in [0.1, 0.15) is 17.3 Å². The fourth-order valence-electron chi connectivity index (χ4n) is 3.18. The molecular formula is C24H18BrFN2O2. The number of halogens is 2. The summed E-state index contributed by atoms with van der Waals surface area (Å²) < 4.78 is 20.8. The van der Waals surface area contributed by atoms with Gasteiger partial charge in [0.15, 0.2) is 5.84 Å². The Kier molecular flexibility index (Phi) is 5.77. The molecule has 0 bridgehead atoms. The minimum absolute atomic E-state index is 0.234. The third kappa shape index (κ3) is 4.04. The van der Waals surface area contributed by atoms with E-state index in [9.17, 15) is 9.18 Å². The topological polar surface area (TPSA) is 41.9 Å². The summed E-state index contributed by atoms with van der Waals surface area (Å²) in [5, 5.41) is 0. The molecule has 1 aliphatic heterocycles. The number of amidine groups is 1. The summed E-state index contributed by atoms with van der Waals surface area (Å²) >= 11 is 3.43. The Hall–Kier alpha value is -3.25. The lowest BCUT2D eigenvalue weighted by Crippen LogP contribution is -2.33. The largest absolute Gasteiger partial charge is 0.494 e. The van der Waals surface area contributed by atoms with Crippen LogP contribution in [-0.2, 0) is 4.79 Å². The number of benzene rings is 3. The predicted molar refractivity (Wildman–Crippen MR) is 120 cm³/mol. The van der Waals surface area contributed by atoms with Gasteiger partial charge in [0.2, 0.25) is 0 Å². The third-order valence-electron chi connectivity index (χ3n) is 4.54. The van der Waals surface area contributed by atoms with E-state index in [1.165, 1.54) is 11.0 Å². The number of aliphatic imine (C=N–C) groups is 1. The minimum atomic E-state index is -0.439. The van der Waals surface area contributed by atoms with Gasteiger partial charge in [0, 0.05) is 4.47 Å². The van der Waals surface area contributed by atoms with Crippen molar-refractivity contribution in [1.29, 1.82) is 0 Å². The quantitative estimate of drug-likeness (QED) is 0.446. The Balaban J connectivity index is 1.79. The molecule has 30 heavy (non-hydrogen) atoms. The summed E-state index contributed by atoms with van der Waals surface area (Å²) in [6.07, 6.45) is 1.69. The van der Waals surface area contributed by atoms with Crippen LogP contribution in [0.4, 0.5) is 10.1 Å². The van der Waals surface area contributed by atoms with Gasteiger partial charge >= 0.3 is 0 Å². The van der Waals surface area contributed by atoms with E-state index in [2.05, 4.69) is 20.9 Å². The smallest absolute Gasteiger partial charge is 0.282 e. The molecule has 4 rings (SSSR count). The number of anilines is 1. The summed E-state index contributed by atoms with van der Waals surface area (Å²) in [5.41, 5.74) is 1.90. The zero-order chi connectivity index (χ0) is 21.1. The highest BCUT2D eigenvalue weighted by Crippen LogP contribution is 2.30. The van der Waals surface area contributed by atoms with Crippen molar-refractivity contribution in [2.24, 2.45) is 4.99 Å². The van der Waals surface area contributed by atoms with E-state index in [0.29, 0.717) is 12.3 Å². The van der Waals surface area contributed by atoms with Crippen LogP contribution in [0.1, 0.15) is 18.1 Å². The standard InChI is InChI=1S/C24H18BrFN2O2/c1-2-30-19-12-10-16(11-13-19)14-22-24(29)28(18-7-5-6-17(25)15-18)23(27-22)20-8-3-4-9-21(20)26/h3-15H,2H2,1H3/b22-14+. The summed E-state index contributed by atoms with van der Waals surface area (Å²) in [7, 11) is 0. The third-order valence-corrected chi connectivity index (χ3v) is 5.03. The van der Waals surface area contributed by atoms with Crippen LogP contribution >= 0.6 is 15.9 Å². The van der Waals surface area contributed by atoms with Crippen molar-refractivity contribution in [3.8, 4) is 5.75 Å². The lowest BCUT2D eigenvalue weighted by Gasteiger charge is -2.19. The van der Waals surface area contributed by atoms with Crippen LogP contribution < -0.4 is 9.64 Å². The highest BCUT2D eigenvalue weighted by atomic mass is 79.9. The van der Waals surface area contributed by atoms with E-state index in [-0.39, 0.29) is 23.0 Å². The first-order chi connectivity index (χ1) is 14.6. The summed E-state index contributed by atoms with van der Waals surface area (Å²) in [6.45, 7) is 2.50. The van der Waals surface area contributed by atoms with Crippen LogP contribution in [0, 0.1) is 5.82 Å². The maximum atomic E-state index is 14.5. The van der Waals surface area contributed by atoms with Crippen molar-refractivity contribution in [3.63, 3.8) is 0 Å². The fraction of sp³-hybridized carbons (Fsp3) is 0.0833. The van der Waals surface area contributed by atoms with Crippen LogP contribution in [0.5, 0.6) is 5.75 Å². The minimum Gasteiger partial charge on any atom is -0.494 e. The Morgan fingerprint density at radius 1 is 1.07 bits per heavy atom. The molecule has 0 aromatic heterocycles. The zero-order valence-corrected chi connectivity index (χ0v) is 17.8. The molecule has 1 amide bonds. The summed E-state index contributed by atoms with van der Waals surface area (Å²) in [6, 6.07) is 21.0. The second kappa shape index (κ2) is 8.63. The average Bonchev–Trinajstić information content (AvgIpc) is 3.06. The SMILES string of the molecule is CCOc1ccc(/C=C2/N=C(c3ccccc3F)N(c3cccc(Br)c3)C2=O)cc1. The molecule has 4 nitrogen and oxygen atoms in total. The van der Waals surface area contributed by atoms with Gasteiger partial charge in [-0.25, -0.2) is 9.38 Å². The average molecular weight is 465 g/mol. The first-order valence-corrected chi connectivity index (χ1v) is 10.2. The zero-order valence-electron chi connectivity index (χ0n) is 16.2. The molecule has 0 fully saturated rings. The van der Waals surface area contributed by atoms with Crippen molar-refractivity contribution in [1.82, 2.24) is 0 Å². The molecular weight excluding hydrogens is 447 g/mol. The number of ether oxygens (including phenoxy) is 1. The van der Waals surface area contributed by atoms with E-state index in [1.807, 2.05) is 43.3 Å². The number of nitrogens with zero attached hydrogens (tertiary/aromatic N) is 2. The molecule has 1 heterocycles. The molecule has 0 N–H and O–H groups in total. The van der Waals surface area contributed by atoms with Crippen LogP contribution in [0.2, 0.25) is 0 Å². The highest BCUT2D eigenvalue weighted by molar-refractivity contribution is 9.10. The number of hydrogen-bond acceptors (Lipinski definition) is 3. The van der Waals surface area contributed by atoms with E-state index >= 15 is 0 Å². The van der Waals surface area contributed by atoms with Gasteiger partial charge in [-0.15, -0.1) is 0 Å². The molecule has 1 aliphatic rings. The Morgan fingerprint density at radius 2 is 1.83 bits per heavy atom. The fourth-order valence-corrected chi connectivity index (χ4v) is 3.57. The molecule has 0 atom stereocenters. The molecule has 0 unspecified atom stereocenters. The molecule has 0 radical (unpaired) electrons. The van der Waals surface area contributed by atoms with Gasteiger partial charge in [-0.05, 0) is 61.0 Å². The van der Waals surface area contributed by atoms with Gasteiger partial charge in [0.05, 0.1) is 17.9 Å². The monoisotopic (exact) mass is 464 g/mol. The van der Waals surface area contributed by atoms with Crippen LogP contribution in [0.25, 0.3) is 6.08 Å². The van der Waals surface area contributed by atoms with Gasteiger partial charge in [-0.3, -0.25) is 9.69 Å². The maximum absolute atomic E-state index is 14.5.